The van der Waals surface area contributed by atoms with Crippen LogP contribution in [-0.2, 0) is 0 Å². The number of nitrogens with two attached hydrogens (primary N) is 1. The molecule has 0 unspecified atom stereocenters. The molecule has 0 spiro atoms. The number of rotatable bonds is 2. The van der Waals surface area contributed by atoms with E-state index in [1.165, 1.54) is 18.2 Å². The molecule has 1 aromatic carbocycles. The van der Waals surface area contributed by atoms with Crippen molar-refractivity contribution in [2.75, 3.05) is 5.73 Å². The molecule has 17 heavy (non-hydrogen) atoms. The Labute approximate surface area is 97.3 Å². The molecule has 5 nitrogen and oxygen atoms in total. The van der Waals surface area contributed by atoms with E-state index in [1.807, 2.05) is 6.07 Å². The second kappa shape index (κ2) is 4.02. The summed E-state index contributed by atoms with van der Waals surface area (Å²) < 4.78 is 1.56. The van der Waals surface area contributed by atoms with Crippen molar-refractivity contribution in [1.29, 1.82) is 5.26 Å². The van der Waals surface area contributed by atoms with Crippen LogP contribution < -0.4 is 5.73 Å². The molecule has 1 aromatic heterocycles. The maximum absolute atomic E-state index is 10.9. The van der Waals surface area contributed by atoms with Crippen molar-refractivity contribution in [3.8, 4) is 11.8 Å². The highest BCUT2D eigenvalue weighted by Gasteiger charge is 2.10. The first-order valence-corrected chi connectivity index (χ1v) is 4.84. The highest BCUT2D eigenvalue weighted by Crippen LogP contribution is 2.21. The standard InChI is InChI=1S/C12H9N3O2/c13-7-9-2-1-5-15(9)11-6-8(12(16)17)3-4-10(11)14/h1-6H,14H2,(H,16,17). The summed E-state index contributed by atoms with van der Waals surface area (Å²) in [6.45, 7) is 0. The van der Waals surface area contributed by atoms with Crippen LogP contribution in [0.5, 0.6) is 0 Å². The van der Waals surface area contributed by atoms with E-state index >= 15 is 0 Å². The monoisotopic (exact) mass is 227 g/mol. The van der Waals surface area contributed by atoms with Gasteiger partial charge < -0.3 is 15.4 Å². The molecule has 0 aliphatic heterocycles. The lowest BCUT2D eigenvalue weighted by Gasteiger charge is -2.09. The lowest BCUT2D eigenvalue weighted by molar-refractivity contribution is 0.0697. The number of carboxylic acid groups (broad SMARTS) is 1. The molecule has 0 aliphatic carbocycles. The minimum Gasteiger partial charge on any atom is -0.478 e. The van der Waals surface area contributed by atoms with Crippen LogP contribution in [0, 0.1) is 11.3 Å². The van der Waals surface area contributed by atoms with Gasteiger partial charge in [0.05, 0.1) is 16.9 Å². The molecular formula is C12H9N3O2. The second-order valence-corrected chi connectivity index (χ2v) is 3.45. The number of carbonyl (C=O) groups is 1. The quantitative estimate of drug-likeness (QED) is 0.762. The lowest BCUT2D eigenvalue weighted by Crippen LogP contribution is -2.04. The van der Waals surface area contributed by atoms with Crippen LogP contribution in [0.2, 0.25) is 0 Å². The molecule has 0 radical (unpaired) electrons. The Morgan fingerprint density at radius 2 is 2.18 bits per heavy atom. The van der Waals surface area contributed by atoms with Crippen LogP contribution in [0.4, 0.5) is 5.69 Å². The Morgan fingerprint density at radius 1 is 1.41 bits per heavy atom. The van der Waals surface area contributed by atoms with Crippen molar-refractivity contribution in [2.24, 2.45) is 0 Å². The number of nitrogens with zero attached hydrogens (tertiary/aromatic N) is 2. The summed E-state index contributed by atoms with van der Waals surface area (Å²) in [6.07, 6.45) is 1.66. The first-order valence-electron chi connectivity index (χ1n) is 4.84. The van der Waals surface area contributed by atoms with E-state index in [4.69, 9.17) is 16.1 Å². The number of benzene rings is 1. The van der Waals surface area contributed by atoms with E-state index < -0.39 is 5.97 Å². The largest absolute Gasteiger partial charge is 0.478 e. The third-order valence-corrected chi connectivity index (χ3v) is 2.40. The highest BCUT2D eigenvalue weighted by molar-refractivity contribution is 5.89. The smallest absolute Gasteiger partial charge is 0.335 e. The van der Waals surface area contributed by atoms with Gasteiger partial charge in [0.25, 0.3) is 0 Å². The third-order valence-electron chi connectivity index (χ3n) is 2.40. The zero-order chi connectivity index (χ0) is 12.4. The van der Waals surface area contributed by atoms with Crippen LogP contribution in [0.25, 0.3) is 5.69 Å². The molecule has 0 atom stereocenters. The molecule has 0 aliphatic rings. The van der Waals surface area contributed by atoms with Gasteiger partial charge in [0.15, 0.2) is 0 Å². The van der Waals surface area contributed by atoms with E-state index in [1.54, 1.807) is 22.9 Å². The number of nitriles is 1. The minimum atomic E-state index is -1.03. The van der Waals surface area contributed by atoms with E-state index in [-0.39, 0.29) is 5.56 Å². The molecule has 0 saturated heterocycles. The Hall–Kier alpha value is -2.74. The Morgan fingerprint density at radius 3 is 2.82 bits per heavy atom. The van der Waals surface area contributed by atoms with Gasteiger partial charge in [0.2, 0.25) is 0 Å². The van der Waals surface area contributed by atoms with Crippen molar-refractivity contribution in [1.82, 2.24) is 4.57 Å². The zero-order valence-corrected chi connectivity index (χ0v) is 8.79. The normalized spacial score (nSPS) is 9.82. The van der Waals surface area contributed by atoms with E-state index in [2.05, 4.69) is 0 Å². The molecule has 0 fully saturated rings. The number of aromatic carboxylic acids is 1. The molecule has 3 N–H and O–H groups in total. The van der Waals surface area contributed by atoms with Gasteiger partial charge in [0, 0.05) is 6.20 Å². The average molecular weight is 227 g/mol. The van der Waals surface area contributed by atoms with Gasteiger partial charge in [0.1, 0.15) is 11.8 Å². The van der Waals surface area contributed by atoms with E-state index in [0.29, 0.717) is 17.1 Å². The molecule has 0 bridgehead atoms. The molecule has 0 saturated carbocycles. The predicted molar refractivity (Wildman–Crippen MR) is 61.9 cm³/mol. The van der Waals surface area contributed by atoms with Crippen LogP contribution in [-0.4, -0.2) is 15.6 Å². The summed E-state index contributed by atoms with van der Waals surface area (Å²) >= 11 is 0. The van der Waals surface area contributed by atoms with Crippen molar-refractivity contribution in [2.45, 2.75) is 0 Å². The third kappa shape index (κ3) is 1.84. The first kappa shape index (κ1) is 10.8. The Bertz CT molecular complexity index is 623. The number of aromatic nitrogens is 1. The number of hydrogen-bond donors (Lipinski definition) is 2. The molecule has 1 heterocycles. The van der Waals surface area contributed by atoms with Crippen molar-refractivity contribution < 1.29 is 9.90 Å². The molecule has 2 rings (SSSR count). The van der Waals surface area contributed by atoms with Gasteiger partial charge in [-0.25, -0.2) is 4.79 Å². The van der Waals surface area contributed by atoms with Gasteiger partial charge >= 0.3 is 5.97 Å². The van der Waals surface area contributed by atoms with Crippen molar-refractivity contribution >= 4 is 11.7 Å². The molecule has 84 valence electrons. The lowest BCUT2D eigenvalue weighted by atomic mass is 10.1. The summed E-state index contributed by atoms with van der Waals surface area (Å²) in [6, 6.07) is 9.73. The van der Waals surface area contributed by atoms with Gasteiger partial charge in [-0.3, -0.25) is 0 Å². The van der Waals surface area contributed by atoms with Gasteiger partial charge in [-0.1, -0.05) is 0 Å². The summed E-state index contributed by atoms with van der Waals surface area (Å²) in [5, 5.41) is 17.8. The highest BCUT2D eigenvalue weighted by atomic mass is 16.4. The second-order valence-electron chi connectivity index (χ2n) is 3.45. The van der Waals surface area contributed by atoms with E-state index in [0.717, 1.165) is 0 Å². The maximum atomic E-state index is 10.9. The fourth-order valence-electron chi connectivity index (χ4n) is 1.57. The van der Waals surface area contributed by atoms with E-state index in [9.17, 15) is 4.79 Å². The van der Waals surface area contributed by atoms with Gasteiger partial charge in [-0.2, -0.15) is 5.26 Å². The Kier molecular flexibility index (Phi) is 2.55. The molecule has 0 amide bonds. The number of anilines is 1. The van der Waals surface area contributed by atoms with Crippen LogP contribution in [0.1, 0.15) is 16.1 Å². The number of hydrogen-bond acceptors (Lipinski definition) is 3. The zero-order valence-electron chi connectivity index (χ0n) is 8.79. The summed E-state index contributed by atoms with van der Waals surface area (Å²) in [5.74, 6) is -1.03. The predicted octanol–water partition coefficient (Wildman–Crippen LogP) is 1.63. The average Bonchev–Trinajstić information content (AvgIpc) is 2.77. The van der Waals surface area contributed by atoms with Gasteiger partial charge in [-0.15, -0.1) is 0 Å². The summed E-state index contributed by atoms with van der Waals surface area (Å²) in [5.41, 5.74) is 7.23. The fourth-order valence-corrected chi connectivity index (χ4v) is 1.57. The molecular weight excluding hydrogens is 218 g/mol. The Balaban J connectivity index is 2.63. The van der Waals surface area contributed by atoms with Crippen LogP contribution in [0.3, 0.4) is 0 Å². The topological polar surface area (TPSA) is 92.0 Å². The first-order chi connectivity index (χ1) is 8.13. The van der Waals surface area contributed by atoms with Crippen molar-refractivity contribution in [3.05, 3.63) is 47.8 Å². The number of nitrogen functional groups attached to an aromatic ring is 1. The van der Waals surface area contributed by atoms with Crippen LogP contribution >= 0.6 is 0 Å². The van der Waals surface area contributed by atoms with Crippen LogP contribution in [0.15, 0.2) is 36.5 Å². The summed E-state index contributed by atoms with van der Waals surface area (Å²) in [7, 11) is 0. The minimum absolute atomic E-state index is 0.131. The molecule has 5 heteroatoms. The fraction of sp³-hybridized carbons (Fsp3) is 0. The summed E-state index contributed by atoms with van der Waals surface area (Å²) in [4.78, 5) is 10.9. The molecule has 2 aromatic rings. The SMILES string of the molecule is N#Cc1cccn1-c1cc(C(=O)O)ccc1N. The van der Waals surface area contributed by atoms with Gasteiger partial charge in [-0.05, 0) is 30.3 Å². The number of carboxylic acids is 1. The van der Waals surface area contributed by atoms with Crippen molar-refractivity contribution in [3.63, 3.8) is 0 Å². The maximum Gasteiger partial charge on any atom is 0.335 e.